The van der Waals surface area contributed by atoms with E-state index >= 15 is 0 Å². The van der Waals surface area contributed by atoms with Gasteiger partial charge in [0.1, 0.15) is 16.9 Å². The zero-order valence-corrected chi connectivity index (χ0v) is 14.9. The molecule has 4 rings (SSSR count). The zero-order valence-electron chi connectivity index (χ0n) is 14.1. The molecule has 1 unspecified atom stereocenters. The van der Waals surface area contributed by atoms with Gasteiger partial charge in [-0.2, -0.15) is 0 Å². The molecule has 1 aliphatic rings. The van der Waals surface area contributed by atoms with Crippen molar-refractivity contribution in [1.29, 1.82) is 0 Å². The predicted molar refractivity (Wildman–Crippen MR) is 99.9 cm³/mol. The molecule has 6 nitrogen and oxygen atoms in total. The highest BCUT2D eigenvalue weighted by atomic mass is 32.2. The van der Waals surface area contributed by atoms with Crippen LogP contribution in [0.5, 0.6) is 5.75 Å². The van der Waals surface area contributed by atoms with E-state index in [0.717, 1.165) is 16.4 Å². The Bertz CT molecular complexity index is 1140. The average Bonchev–Trinajstić information content (AvgIpc) is 3.12. The summed E-state index contributed by atoms with van der Waals surface area (Å²) in [6.07, 6.45) is 1.66. The van der Waals surface area contributed by atoms with Crippen LogP contribution in [0.1, 0.15) is 6.42 Å². The van der Waals surface area contributed by atoms with Crippen LogP contribution in [0.4, 0.5) is 5.69 Å². The van der Waals surface area contributed by atoms with Gasteiger partial charge in [-0.25, -0.2) is 8.42 Å². The van der Waals surface area contributed by atoms with E-state index in [1.165, 1.54) is 12.5 Å². The Morgan fingerprint density at radius 1 is 1.23 bits per heavy atom. The number of para-hydroxylation sites is 1. The number of carbonyl (C=O) groups is 1. The molecule has 0 bridgehead atoms. The van der Waals surface area contributed by atoms with Crippen molar-refractivity contribution in [2.24, 2.45) is 5.92 Å². The molecular formula is C19H17NO5S. The first-order valence-electron chi connectivity index (χ1n) is 8.15. The molecule has 2 heterocycles. The third-order valence-corrected chi connectivity index (χ3v) is 5.89. The molecule has 7 heteroatoms. The number of hydrogen-bond donors (Lipinski definition) is 1. The highest BCUT2D eigenvalue weighted by Crippen LogP contribution is 2.36. The molecule has 0 radical (unpaired) electrons. The van der Waals surface area contributed by atoms with Gasteiger partial charge in [-0.15, -0.1) is 0 Å². The number of anilines is 1. The Hall–Kier alpha value is -2.80. The Labute approximate surface area is 150 Å². The summed E-state index contributed by atoms with van der Waals surface area (Å²) in [5.41, 5.74) is 1.90. The molecule has 134 valence electrons. The topological polar surface area (TPSA) is 85.6 Å². The molecule has 0 saturated heterocycles. The number of furan rings is 1. The van der Waals surface area contributed by atoms with Gasteiger partial charge in [0.25, 0.3) is 0 Å². The molecule has 3 aromatic rings. The summed E-state index contributed by atoms with van der Waals surface area (Å²) in [6.45, 7) is 0. The summed E-state index contributed by atoms with van der Waals surface area (Å²) in [6, 6.07) is 11.2. The number of fused-ring (bicyclic) bond motifs is 3. The second-order valence-electron chi connectivity index (χ2n) is 6.32. The van der Waals surface area contributed by atoms with Gasteiger partial charge in [-0.05, 0) is 12.1 Å². The second kappa shape index (κ2) is 6.17. The SMILES string of the molecule is COc1cc2c(cc1NC(=O)CC1C=CS(=O)(=O)C1)oc1ccccc12. The third kappa shape index (κ3) is 3.06. The van der Waals surface area contributed by atoms with Gasteiger partial charge in [-0.3, -0.25) is 4.79 Å². The van der Waals surface area contributed by atoms with E-state index in [4.69, 9.17) is 9.15 Å². The van der Waals surface area contributed by atoms with Crippen molar-refractivity contribution in [3.63, 3.8) is 0 Å². The Balaban J connectivity index is 1.62. The van der Waals surface area contributed by atoms with Crippen LogP contribution in [0.25, 0.3) is 21.9 Å². The third-order valence-electron chi connectivity index (χ3n) is 4.42. The summed E-state index contributed by atoms with van der Waals surface area (Å²) in [5, 5.41) is 5.85. The van der Waals surface area contributed by atoms with Crippen LogP contribution < -0.4 is 10.1 Å². The number of amides is 1. The molecule has 0 fully saturated rings. The van der Waals surface area contributed by atoms with Gasteiger partial charge in [0.05, 0.1) is 18.6 Å². The molecule has 0 aliphatic carbocycles. The molecule has 1 aromatic heterocycles. The first-order valence-corrected chi connectivity index (χ1v) is 9.87. The summed E-state index contributed by atoms with van der Waals surface area (Å²) >= 11 is 0. The van der Waals surface area contributed by atoms with E-state index < -0.39 is 9.84 Å². The molecule has 0 saturated carbocycles. The lowest BCUT2D eigenvalue weighted by Gasteiger charge is -2.12. The first kappa shape index (κ1) is 16.7. The van der Waals surface area contributed by atoms with Crippen molar-refractivity contribution in [3.05, 3.63) is 47.9 Å². The molecule has 0 spiro atoms. The van der Waals surface area contributed by atoms with Crippen molar-refractivity contribution in [2.75, 3.05) is 18.2 Å². The van der Waals surface area contributed by atoms with Crippen LogP contribution in [0.2, 0.25) is 0 Å². The largest absolute Gasteiger partial charge is 0.495 e. The highest BCUT2D eigenvalue weighted by Gasteiger charge is 2.24. The fourth-order valence-corrected chi connectivity index (χ4v) is 4.62. The monoisotopic (exact) mass is 371 g/mol. The Morgan fingerprint density at radius 3 is 2.77 bits per heavy atom. The quantitative estimate of drug-likeness (QED) is 0.759. The molecule has 26 heavy (non-hydrogen) atoms. The lowest BCUT2D eigenvalue weighted by Crippen LogP contribution is -2.18. The summed E-state index contributed by atoms with van der Waals surface area (Å²) in [4.78, 5) is 12.3. The van der Waals surface area contributed by atoms with Crippen LogP contribution in [-0.4, -0.2) is 27.2 Å². The average molecular weight is 371 g/mol. The van der Waals surface area contributed by atoms with E-state index in [1.807, 2.05) is 30.3 Å². The first-order chi connectivity index (χ1) is 12.4. The molecular weight excluding hydrogens is 354 g/mol. The van der Waals surface area contributed by atoms with Crippen molar-refractivity contribution in [3.8, 4) is 5.75 Å². The van der Waals surface area contributed by atoms with E-state index in [9.17, 15) is 13.2 Å². The number of carbonyl (C=O) groups excluding carboxylic acids is 1. The van der Waals surface area contributed by atoms with Gasteiger partial charge in [0.15, 0.2) is 9.84 Å². The smallest absolute Gasteiger partial charge is 0.225 e. The summed E-state index contributed by atoms with van der Waals surface area (Å²) in [7, 11) is -1.64. The minimum Gasteiger partial charge on any atom is -0.495 e. The Kier molecular flexibility index (Phi) is 3.96. The van der Waals surface area contributed by atoms with Crippen LogP contribution in [-0.2, 0) is 14.6 Å². The standard InChI is InChI=1S/C19H17NO5S/c1-24-18-9-14-13-4-2-3-5-16(13)25-17(14)10-15(18)20-19(21)8-12-6-7-26(22,23)11-12/h2-7,9-10,12H,8,11H2,1H3,(H,20,21). The van der Waals surface area contributed by atoms with Crippen LogP contribution in [0.15, 0.2) is 52.3 Å². The fourth-order valence-electron chi connectivity index (χ4n) is 3.22. The van der Waals surface area contributed by atoms with Gasteiger partial charge < -0.3 is 14.5 Å². The lowest BCUT2D eigenvalue weighted by atomic mass is 10.1. The minimum atomic E-state index is -3.17. The number of sulfone groups is 1. The summed E-state index contributed by atoms with van der Waals surface area (Å²) in [5.74, 6) is -0.0846. The second-order valence-corrected chi connectivity index (χ2v) is 8.25. The number of ether oxygens (including phenoxy) is 1. The summed E-state index contributed by atoms with van der Waals surface area (Å²) < 4.78 is 34.2. The van der Waals surface area contributed by atoms with Gasteiger partial charge in [-0.1, -0.05) is 24.3 Å². The predicted octanol–water partition coefficient (Wildman–Crippen LogP) is 3.48. The zero-order chi connectivity index (χ0) is 18.3. The maximum atomic E-state index is 12.3. The number of methoxy groups -OCH3 is 1. The molecule has 1 amide bonds. The van der Waals surface area contributed by atoms with E-state index in [2.05, 4.69) is 5.32 Å². The van der Waals surface area contributed by atoms with Crippen LogP contribution in [0.3, 0.4) is 0 Å². The van der Waals surface area contributed by atoms with Crippen LogP contribution >= 0.6 is 0 Å². The normalized spacial score (nSPS) is 18.4. The maximum absolute atomic E-state index is 12.3. The number of hydrogen-bond acceptors (Lipinski definition) is 5. The van der Waals surface area contributed by atoms with Crippen molar-refractivity contribution >= 4 is 43.4 Å². The van der Waals surface area contributed by atoms with Crippen molar-refractivity contribution < 1.29 is 22.4 Å². The molecule has 1 aliphatic heterocycles. The maximum Gasteiger partial charge on any atom is 0.225 e. The van der Waals surface area contributed by atoms with Gasteiger partial charge in [0.2, 0.25) is 5.91 Å². The molecule has 1 atom stereocenters. The number of rotatable bonds is 4. The molecule has 2 aromatic carbocycles. The van der Waals surface area contributed by atoms with Gasteiger partial charge in [0, 0.05) is 34.6 Å². The van der Waals surface area contributed by atoms with Crippen LogP contribution in [0, 0.1) is 5.92 Å². The number of allylic oxidation sites excluding steroid dienone is 1. The highest BCUT2D eigenvalue weighted by molar-refractivity contribution is 7.94. The van der Waals surface area contributed by atoms with Crippen molar-refractivity contribution in [2.45, 2.75) is 6.42 Å². The van der Waals surface area contributed by atoms with Crippen molar-refractivity contribution in [1.82, 2.24) is 0 Å². The fraction of sp³-hybridized carbons (Fsp3) is 0.211. The van der Waals surface area contributed by atoms with E-state index in [0.29, 0.717) is 17.0 Å². The molecule has 1 N–H and O–H groups in total. The number of benzene rings is 2. The minimum absolute atomic E-state index is 0.0276. The van der Waals surface area contributed by atoms with E-state index in [-0.39, 0.29) is 24.0 Å². The van der Waals surface area contributed by atoms with Gasteiger partial charge >= 0.3 is 0 Å². The number of nitrogens with one attached hydrogen (secondary N) is 1. The lowest BCUT2D eigenvalue weighted by molar-refractivity contribution is -0.116. The Morgan fingerprint density at radius 2 is 2.04 bits per heavy atom. The van der Waals surface area contributed by atoms with E-state index in [1.54, 1.807) is 12.1 Å².